The predicted molar refractivity (Wildman–Crippen MR) is 153 cm³/mol. The van der Waals surface area contributed by atoms with Gasteiger partial charge in [0.05, 0.1) is 23.9 Å². The number of nitrogens with one attached hydrogen (secondary N) is 2. The molecular weight excluding hydrogens is 512 g/mol. The summed E-state index contributed by atoms with van der Waals surface area (Å²) in [6, 6.07) is 14.0. The van der Waals surface area contributed by atoms with E-state index in [9.17, 15) is 8.78 Å². The zero-order chi connectivity index (χ0) is 28.1. The quantitative estimate of drug-likeness (QED) is 0.415. The van der Waals surface area contributed by atoms with E-state index in [4.69, 9.17) is 19.7 Å². The predicted octanol–water partition coefficient (Wildman–Crippen LogP) is 5.55. The van der Waals surface area contributed by atoms with Gasteiger partial charge in [-0.05, 0) is 63.7 Å². The highest BCUT2D eigenvalue weighted by molar-refractivity contribution is 5.71. The Morgan fingerprint density at radius 1 is 1.02 bits per heavy atom. The summed E-state index contributed by atoms with van der Waals surface area (Å²) in [5.74, 6) is -0.368. The topological polar surface area (TPSA) is 78.4 Å². The molecule has 1 aromatic carbocycles. The first-order valence-corrected chi connectivity index (χ1v) is 14.0. The fourth-order valence-electron chi connectivity index (χ4n) is 6.12. The van der Waals surface area contributed by atoms with Crippen molar-refractivity contribution in [2.24, 2.45) is 0 Å². The molecule has 2 N–H and O–H groups in total. The van der Waals surface area contributed by atoms with Gasteiger partial charge in [-0.2, -0.15) is 4.98 Å². The standard InChI is InChI=1S/C30H37F2N7O/c1-28(2)16-24-29(3,19-40-28)23-18-34-27(37-26(23)39(24)25-7-5-6-21(35-25)17-33-4)36-20-8-10-22(11-9-20)38-14-12-30(31,32)13-15-38/h5-11,18,24,33H,12-17,19H2,1-4H3,(H,34,36,37)/t24-,29-/m0/s1. The van der Waals surface area contributed by atoms with Crippen LogP contribution < -0.4 is 20.4 Å². The number of alkyl halides is 2. The lowest BCUT2D eigenvalue weighted by atomic mass is 9.73. The lowest BCUT2D eigenvalue weighted by Gasteiger charge is -2.46. The molecule has 8 nitrogen and oxygen atoms in total. The van der Waals surface area contributed by atoms with Crippen molar-refractivity contribution < 1.29 is 13.5 Å². The third-order valence-electron chi connectivity index (χ3n) is 8.49. The highest BCUT2D eigenvalue weighted by Crippen LogP contribution is 2.53. The van der Waals surface area contributed by atoms with E-state index in [1.165, 1.54) is 0 Å². The number of piperidine rings is 1. The van der Waals surface area contributed by atoms with Crippen LogP contribution in [0.5, 0.6) is 0 Å². The number of ether oxygens (including phenoxy) is 1. The van der Waals surface area contributed by atoms with Gasteiger partial charge in [0.25, 0.3) is 5.92 Å². The van der Waals surface area contributed by atoms with E-state index in [0.29, 0.717) is 32.2 Å². The van der Waals surface area contributed by atoms with Crippen LogP contribution in [0.3, 0.4) is 0 Å². The highest BCUT2D eigenvalue weighted by atomic mass is 19.3. The first-order chi connectivity index (χ1) is 19.1. The zero-order valence-corrected chi connectivity index (χ0v) is 23.5. The molecule has 10 heteroatoms. The van der Waals surface area contributed by atoms with Gasteiger partial charge in [0, 0.05) is 61.0 Å². The molecule has 2 aromatic heterocycles. The molecule has 3 aliphatic heterocycles. The second-order valence-corrected chi connectivity index (χ2v) is 12.0. The molecule has 0 unspecified atom stereocenters. The van der Waals surface area contributed by atoms with E-state index in [0.717, 1.165) is 40.7 Å². The maximum absolute atomic E-state index is 13.6. The van der Waals surface area contributed by atoms with E-state index in [1.807, 2.05) is 60.6 Å². The van der Waals surface area contributed by atoms with Crippen LogP contribution in [-0.4, -0.2) is 59.3 Å². The number of anilines is 5. The lowest BCUT2D eigenvalue weighted by molar-refractivity contribution is -0.0893. The SMILES string of the molecule is CNCc1cccc(N2c3nc(Nc4ccc(N5CCC(F)(F)CC5)cc4)ncc3[C@]3(C)COC(C)(C)C[C@H]23)n1. The minimum atomic E-state index is -2.56. The van der Waals surface area contributed by atoms with Gasteiger partial charge in [-0.1, -0.05) is 13.0 Å². The maximum Gasteiger partial charge on any atom is 0.251 e. The van der Waals surface area contributed by atoms with E-state index >= 15 is 0 Å². The minimum Gasteiger partial charge on any atom is -0.374 e. The molecular formula is C30H37F2N7O. The van der Waals surface area contributed by atoms with E-state index in [1.54, 1.807) is 0 Å². The van der Waals surface area contributed by atoms with Crippen LogP contribution in [0, 0.1) is 0 Å². The van der Waals surface area contributed by atoms with Crippen molar-refractivity contribution in [2.45, 2.75) is 69.6 Å². The summed E-state index contributed by atoms with van der Waals surface area (Å²) in [6.45, 7) is 8.46. The van der Waals surface area contributed by atoms with Crippen LogP contribution in [0.15, 0.2) is 48.7 Å². The monoisotopic (exact) mass is 549 g/mol. The zero-order valence-electron chi connectivity index (χ0n) is 23.5. The number of rotatable bonds is 6. The minimum absolute atomic E-state index is 0.110. The van der Waals surface area contributed by atoms with Crippen molar-refractivity contribution in [1.29, 1.82) is 0 Å². The molecule has 212 valence electrons. The summed E-state index contributed by atoms with van der Waals surface area (Å²) in [4.78, 5) is 19.0. The van der Waals surface area contributed by atoms with Crippen LogP contribution in [-0.2, 0) is 16.7 Å². The Bertz CT molecular complexity index is 1370. The van der Waals surface area contributed by atoms with E-state index in [2.05, 4.69) is 36.3 Å². The molecule has 0 saturated carbocycles. The molecule has 2 atom stereocenters. The maximum atomic E-state index is 13.6. The second-order valence-electron chi connectivity index (χ2n) is 12.0. The molecule has 0 amide bonds. The number of hydrogen-bond donors (Lipinski definition) is 2. The van der Waals surface area contributed by atoms with Crippen molar-refractivity contribution in [3.63, 3.8) is 0 Å². The van der Waals surface area contributed by atoms with Gasteiger partial charge in [-0.25, -0.2) is 18.7 Å². The highest BCUT2D eigenvalue weighted by Gasteiger charge is 2.55. The number of pyridine rings is 1. The lowest BCUT2D eigenvalue weighted by Crippen LogP contribution is -2.54. The number of benzene rings is 1. The molecule has 0 bridgehead atoms. The summed E-state index contributed by atoms with van der Waals surface area (Å²) >= 11 is 0. The molecule has 0 aliphatic carbocycles. The smallest absolute Gasteiger partial charge is 0.251 e. The number of aromatic nitrogens is 3. The largest absolute Gasteiger partial charge is 0.374 e. The Labute approximate surface area is 234 Å². The van der Waals surface area contributed by atoms with E-state index < -0.39 is 5.92 Å². The third-order valence-corrected chi connectivity index (χ3v) is 8.49. The summed E-state index contributed by atoms with van der Waals surface area (Å²) < 4.78 is 33.5. The Morgan fingerprint density at radius 3 is 2.50 bits per heavy atom. The fourth-order valence-corrected chi connectivity index (χ4v) is 6.12. The van der Waals surface area contributed by atoms with Crippen LogP contribution >= 0.6 is 0 Å². The summed E-state index contributed by atoms with van der Waals surface area (Å²) in [5.41, 5.74) is 3.24. The third kappa shape index (κ3) is 4.99. The van der Waals surface area contributed by atoms with Crippen LogP contribution in [0.2, 0.25) is 0 Å². The van der Waals surface area contributed by atoms with Crippen LogP contribution in [0.1, 0.15) is 51.3 Å². The molecule has 2 fully saturated rings. The Kier molecular flexibility index (Phi) is 6.65. The first-order valence-electron chi connectivity index (χ1n) is 14.0. The van der Waals surface area contributed by atoms with Gasteiger partial charge in [0.15, 0.2) is 0 Å². The molecule has 3 aliphatic rings. The molecule has 0 spiro atoms. The average Bonchev–Trinajstić information content (AvgIpc) is 3.16. The van der Waals surface area contributed by atoms with Gasteiger partial charge in [-0.3, -0.25) is 0 Å². The molecule has 40 heavy (non-hydrogen) atoms. The number of halogens is 2. The van der Waals surface area contributed by atoms with Crippen molar-refractivity contribution in [3.05, 3.63) is 59.9 Å². The fraction of sp³-hybridized carbons (Fsp3) is 0.500. The summed E-state index contributed by atoms with van der Waals surface area (Å²) in [5, 5.41) is 6.53. The molecule has 2 saturated heterocycles. The normalized spacial score (nSPS) is 24.9. The number of nitrogens with zero attached hydrogens (tertiary/aromatic N) is 5. The molecule has 0 radical (unpaired) electrons. The van der Waals surface area contributed by atoms with Gasteiger partial charge in [0.1, 0.15) is 11.6 Å². The van der Waals surface area contributed by atoms with Gasteiger partial charge < -0.3 is 25.2 Å². The van der Waals surface area contributed by atoms with Crippen molar-refractivity contribution in [3.8, 4) is 0 Å². The molecule has 3 aromatic rings. The Balaban J connectivity index is 1.30. The number of fused-ring (bicyclic) bond motifs is 3. The first kappa shape index (κ1) is 26.8. The van der Waals surface area contributed by atoms with Gasteiger partial charge >= 0.3 is 0 Å². The van der Waals surface area contributed by atoms with Crippen LogP contribution in [0.25, 0.3) is 0 Å². The second kappa shape index (κ2) is 9.92. The van der Waals surface area contributed by atoms with Crippen molar-refractivity contribution in [2.75, 3.05) is 41.9 Å². The summed E-state index contributed by atoms with van der Waals surface area (Å²) in [7, 11) is 1.92. The van der Waals surface area contributed by atoms with Gasteiger partial charge in [0.2, 0.25) is 5.95 Å². The van der Waals surface area contributed by atoms with Gasteiger partial charge in [-0.15, -0.1) is 0 Å². The Hall–Kier alpha value is -3.37. The van der Waals surface area contributed by atoms with Crippen molar-refractivity contribution in [1.82, 2.24) is 20.3 Å². The van der Waals surface area contributed by atoms with Crippen LogP contribution in [0.4, 0.5) is 37.7 Å². The van der Waals surface area contributed by atoms with Crippen molar-refractivity contribution >= 4 is 29.0 Å². The van der Waals surface area contributed by atoms with E-state index in [-0.39, 0.29) is 29.9 Å². The average molecular weight is 550 g/mol. The number of hydrogen-bond acceptors (Lipinski definition) is 8. The molecule has 6 rings (SSSR count). The molecule has 5 heterocycles. The Morgan fingerprint density at radius 2 is 1.77 bits per heavy atom. The summed E-state index contributed by atoms with van der Waals surface area (Å²) in [6.07, 6.45) is 2.52.